The van der Waals surface area contributed by atoms with Crippen LogP contribution in [0.15, 0.2) is 34.7 Å². The van der Waals surface area contributed by atoms with Crippen LogP contribution in [0.25, 0.3) is 0 Å². The number of rotatable bonds is 6. The first-order valence-corrected chi connectivity index (χ1v) is 9.11. The summed E-state index contributed by atoms with van der Waals surface area (Å²) in [6, 6.07) is 1.83. The van der Waals surface area contributed by atoms with Crippen LogP contribution in [0.1, 0.15) is 32.3 Å². The number of hydrogen-bond acceptors (Lipinski definition) is 7. The molecule has 0 spiro atoms. The number of carbonyl (C=O) groups excluding carboxylic acids is 2. The lowest BCUT2D eigenvalue weighted by atomic mass is 9.79. The van der Waals surface area contributed by atoms with E-state index in [1.807, 2.05) is 0 Å². The van der Waals surface area contributed by atoms with Crippen molar-refractivity contribution in [3.8, 4) is 0 Å². The molecule has 0 aromatic heterocycles. The van der Waals surface area contributed by atoms with Gasteiger partial charge in [0.15, 0.2) is 0 Å². The second-order valence-electron chi connectivity index (χ2n) is 6.62. The molecule has 0 bridgehead atoms. The van der Waals surface area contributed by atoms with Crippen molar-refractivity contribution in [2.45, 2.75) is 32.8 Å². The highest BCUT2D eigenvalue weighted by Gasteiger charge is 2.44. The molecular formula is C19H19ClF2N2O6. The van der Waals surface area contributed by atoms with E-state index in [1.165, 1.54) is 6.92 Å². The average Bonchev–Trinajstić information content (AvgIpc) is 2.66. The summed E-state index contributed by atoms with van der Waals surface area (Å²) in [5.74, 6) is -4.86. The Bertz CT molecular complexity index is 974. The maximum atomic E-state index is 14.9. The summed E-state index contributed by atoms with van der Waals surface area (Å²) < 4.78 is 38.6. The maximum absolute atomic E-state index is 14.9. The van der Waals surface area contributed by atoms with Gasteiger partial charge >= 0.3 is 11.9 Å². The highest BCUT2D eigenvalue weighted by atomic mass is 35.5. The van der Waals surface area contributed by atoms with Gasteiger partial charge in [0.2, 0.25) is 0 Å². The SMILES string of the molecule is COC(=O)C1=C(CF)NC(C)=C(C(=O)OC(C)C)C1c1c(F)ccc(Cl)c1[N+](=O)[O-]. The van der Waals surface area contributed by atoms with E-state index in [4.69, 9.17) is 16.3 Å². The molecule has 1 unspecified atom stereocenters. The molecule has 2 rings (SSSR count). The molecule has 1 N–H and O–H groups in total. The number of dihydropyridines is 1. The van der Waals surface area contributed by atoms with E-state index in [0.717, 1.165) is 19.2 Å². The molecule has 1 atom stereocenters. The van der Waals surface area contributed by atoms with Gasteiger partial charge in [0.25, 0.3) is 5.69 Å². The van der Waals surface area contributed by atoms with Crippen molar-refractivity contribution in [2.75, 3.05) is 13.8 Å². The molecule has 8 nitrogen and oxygen atoms in total. The van der Waals surface area contributed by atoms with Crippen molar-refractivity contribution < 1.29 is 32.8 Å². The molecule has 1 aromatic carbocycles. The number of benzene rings is 1. The van der Waals surface area contributed by atoms with Crippen molar-refractivity contribution >= 4 is 29.2 Å². The van der Waals surface area contributed by atoms with Crippen LogP contribution in [-0.4, -0.2) is 36.8 Å². The summed E-state index contributed by atoms with van der Waals surface area (Å²) in [5.41, 5.74) is -2.60. The van der Waals surface area contributed by atoms with Crippen LogP contribution >= 0.6 is 11.6 Å². The minimum Gasteiger partial charge on any atom is -0.466 e. The number of esters is 2. The summed E-state index contributed by atoms with van der Waals surface area (Å²) in [5, 5.41) is 13.8. The Morgan fingerprint density at radius 1 is 1.30 bits per heavy atom. The van der Waals surface area contributed by atoms with Crippen molar-refractivity contribution in [2.24, 2.45) is 0 Å². The van der Waals surface area contributed by atoms with Gasteiger partial charge < -0.3 is 14.8 Å². The molecule has 0 aliphatic carbocycles. The molecule has 11 heteroatoms. The molecular weight excluding hydrogens is 426 g/mol. The number of halogens is 3. The lowest BCUT2D eigenvalue weighted by molar-refractivity contribution is -0.385. The fraction of sp³-hybridized carbons (Fsp3) is 0.368. The number of methoxy groups -OCH3 is 1. The van der Waals surface area contributed by atoms with Crippen LogP contribution in [0.5, 0.6) is 0 Å². The van der Waals surface area contributed by atoms with Crippen molar-refractivity contribution in [3.05, 3.63) is 61.2 Å². The molecule has 1 heterocycles. The van der Waals surface area contributed by atoms with Crippen LogP contribution in [0.4, 0.5) is 14.5 Å². The molecule has 0 saturated heterocycles. The summed E-state index contributed by atoms with van der Waals surface area (Å²) in [6.45, 7) is 3.29. The number of nitro benzene ring substituents is 1. The number of hydrogen-bond donors (Lipinski definition) is 1. The largest absolute Gasteiger partial charge is 0.466 e. The van der Waals surface area contributed by atoms with Crippen LogP contribution in [0.3, 0.4) is 0 Å². The first kappa shape index (κ1) is 23.3. The molecule has 1 aromatic rings. The van der Waals surface area contributed by atoms with Gasteiger partial charge in [0, 0.05) is 5.70 Å². The van der Waals surface area contributed by atoms with E-state index < -0.39 is 63.2 Å². The predicted molar refractivity (Wildman–Crippen MR) is 103 cm³/mol. The standard InChI is InChI=1S/C19H19ClF2N2O6/c1-8(2)30-19(26)13-9(3)23-12(7-21)15(18(25)29-4)16(13)14-11(22)6-5-10(20)17(14)24(27)28/h5-6,8,16,23H,7H2,1-4H3. The number of allylic oxidation sites excluding steroid dienone is 2. The molecule has 1 aliphatic heterocycles. The summed E-state index contributed by atoms with van der Waals surface area (Å²) >= 11 is 5.93. The Labute approximate surface area is 175 Å². The van der Waals surface area contributed by atoms with Crippen molar-refractivity contribution in [3.63, 3.8) is 0 Å². The van der Waals surface area contributed by atoms with Crippen molar-refractivity contribution in [1.29, 1.82) is 0 Å². The Morgan fingerprint density at radius 2 is 1.93 bits per heavy atom. The van der Waals surface area contributed by atoms with E-state index in [9.17, 15) is 28.5 Å². The maximum Gasteiger partial charge on any atom is 0.337 e. The monoisotopic (exact) mass is 444 g/mol. The quantitative estimate of drug-likeness (QED) is 0.405. The van der Waals surface area contributed by atoms with Crippen LogP contribution in [0.2, 0.25) is 5.02 Å². The summed E-state index contributed by atoms with van der Waals surface area (Å²) in [6.07, 6.45) is -0.592. The first-order chi connectivity index (χ1) is 14.0. The van der Waals surface area contributed by atoms with Gasteiger partial charge in [-0.3, -0.25) is 10.1 Å². The normalized spacial score (nSPS) is 16.5. The number of nitrogens with zero attached hydrogens (tertiary/aromatic N) is 1. The van der Waals surface area contributed by atoms with Crippen LogP contribution in [0, 0.1) is 15.9 Å². The Balaban J connectivity index is 2.95. The zero-order valence-corrected chi connectivity index (χ0v) is 17.3. The topological polar surface area (TPSA) is 108 Å². The fourth-order valence-corrected chi connectivity index (χ4v) is 3.44. The minimum atomic E-state index is -1.69. The molecule has 1 aliphatic rings. The molecule has 0 fully saturated rings. The highest BCUT2D eigenvalue weighted by molar-refractivity contribution is 6.32. The molecule has 0 radical (unpaired) electrons. The van der Waals surface area contributed by atoms with Gasteiger partial charge in [-0.15, -0.1) is 0 Å². The van der Waals surface area contributed by atoms with Crippen molar-refractivity contribution in [1.82, 2.24) is 5.32 Å². The number of nitro groups is 1. The van der Waals surface area contributed by atoms with E-state index in [1.54, 1.807) is 13.8 Å². The Kier molecular flexibility index (Phi) is 7.14. The van der Waals surface area contributed by atoms with Gasteiger partial charge in [-0.1, -0.05) is 11.6 Å². The molecule has 0 saturated carbocycles. The molecule has 0 amide bonds. The third kappa shape index (κ3) is 4.28. The van der Waals surface area contributed by atoms with Crippen LogP contribution in [-0.2, 0) is 19.1 Å². The number of alkyl halides is 1. The fourth-order valence-electron chi connectivity index (χ4n) is 3.21. The Morgan fingerprint density at radius 3 is 2.43 bits per heavy atom. The molecule has 30 heavy (non-hydrogen) atoms. The smallest absolute Gasteiger partial charge is 0.337 e. The lowest BCUT2D eigenvalue weighted by Crippen LogP contribution is -2.35. The van der Waals surface area contributed by atoms with E-state index in [0.29, 0.717) is 0 Å². The zero-order valence-electron chi connectivity index (χ0n) is 16.5. The van der Waals surface area contributed by atoms with Gasteiger partial charge in [0.1, 0.15) is 17.5 Å². The first-order valence-electron chi connectivity index (χ1n) is 8.73. The average molecular weight is 445 g/mol. The number of ether oxygens (including phenoxy) is 2. The Hall–Kier alpha value is -3.01. The van der Waals surface area contributed by atoms with Crippen LogP contribution < -0.4 is 5.32 Å². The third-order valence-corrected chi connectivity index (χ3v) is 4.64. The lowest BCUT2D eigenvalue weighted by Gasteiger charge is -2.30. The number of nitrogens with one attached hydrogen (secondary N) is 1. The van der Waals surface area contributed by atoms with E-state index in [-0.39, 0.29) is 17.0 Å². The zero-order chi connectivity index (χ0) is 22.7. The third-order valence-electron chi connectivity index (χ3n) is 4.33. The van der Waals surface area contributed by atoms with Gasteiger partial charge in [-0.2, -0.15) is 0 Å². The minimum absolute atomic E-state index is 0.0413. The van der Waals surface area contributed by atoms with E-state index >= 15 is 0 Å². The van der Waals surface area contributed by atoms with Gasteiger partial charge in [-0.05, 0) is 32.9 Å². The molecule has 162 valence electrons. The van der Waals surface area contributed by atoms with Gasteiger partial charge in [-0.25, -0.2) is 18.4 Å². The second-order valence-corrected chi connectivity index (χ2v) is 7.02. The summed E-state index contributed by atoms with van der Waals surface area (Å²) in [7, 11) is 1.00. The van der Waals surface area contributed by atoms with Gasteiger partial charge in [0.05, 0.1) is 46.5 Å². The highest BCUT2D eigenvalue weighted by Crippen LogP contribution is 2.46. The second kappa shape index (κ2) is 9.21. The van der Waals surface area contributed by atoms with E-state index in [2.05, 4.69) is 10.1 Å². The summed E-state index contributed by atoms with van der Waals surface area (Å²) in [4.78, 5) is 36.1. The number of carbonyl (C=O) groups is 2. The predicted octanol–water partition coefficient (Wildman–Crippen LogP) is 3.70.